The topological polar surface area (TPSA) is 52.6 Å². The predicted molar refractivity (Wildman–Crippen MR) is 70.0 cm³/mol. The van der Waals surface area contributed by atoms with Gasteiger partial charge in [0.1, 0.15) is 0 Å². The van der Waals surface area contributed by atoms with Gasteiger partial charge >= 0.3 is 11.9 Å². The Labute approximate surface area is 109 Å². The quantitative estimate of drug-likeness (QED) is 0.290. The fraction of sp³-hybridized carbons (Fsp3) is 0.714. The number of rotatable bonds is 8. The molecule has 18 heavy (non-hydrogen) atoms. The smallest absolute Gasteiger partial charge is 0.417 e. The molecule has 0 aliphatic carbocycles. The van der Waals surface area contributed by atoms with E-state index in [9.17, 15) is 9.59 Å². The van der Waals surface area contributed by atoms with Crippen LogP contribution in [0.3, 0.4) is 0 Å². The van der Waals surface area contributed by atoms with Gasteiger partial charge in [-0.15, -0.1) is 0 Å². The molecule has 0 fully saturated rings. The molecule has 0 spiro atoms. The van der Waals surface area contributed by atoms with Crippen LogP contribution < -0.4 is 0 Å². The van der Waals surface area contributed by atoms with Crippen LogP contribution in [0.5, 0.6) is 0 Å². The van der Waals surface area contributed by atoms with Crippen LogP contribution in [0.4, 0.5) is 0 Å². The first kappa shape index (κ1) is 16.7. The molecule has 0 N–H and O–H groups in total. The molecule has 0 aliphatic heterocycles. The molecule has 104 valence electrons. The molecule has 0 heterocycles. The highest BCUT2D eigenvalue weighted by molar-refractivity contribution is 6.29. The Bertz CT molecular complexity index is 271. The summed E-state index contributed by atoms with van der Waals surface area (Å²) in [5, 5.41) is 0. The lowest BCUT2D eigenvalue weighted by Gasteiger charge is -2.07. The monoisotopic (exact) mass is 256 g/mol. The van der Waals surface area contributed by atoms with Gasteiger partial charge < -0.3 is 9.47 Å². The van der Waals surface area contributed by atoms with E-state index in [1.54, 1.807) is 6.92 Å². The molecule has 0 saturated carbocycles. The molecule has 0 aliphatic rings. The second-order valence-electron chi connectivity index (χ2n) is 4.19. The van der Waals surface area contributed by atoms with Crippen molar-refractivity contribution in [3.8, 4) is 0 Å². The number of esters is 2. The van der Waals surface area contributed by atoms with E-state index in [0.717, 1.165) is 6.42 Å². The van der Waals surface area contributed by atoms with Crippen LogP contribution >= 0.6 is 0 Å². The first-order valence-electron chi connectivity index (χ1n) is 6.62. The van der Waals surface area contributed by atoms with Gasteiger partial charge in [-0.3, -0.25) is 0 Å². The number of ether oxygens (including phenoxy) is 2. The standard InChI is InChI=1S/C14H24O4/c1-4-6-7-8-9-12(3)10-11-18-14(16)13(15)17-5-2/h8-9,12H,4-7,10-11H2,1-3H3. The van der Waals surface area contributed by atoms with E-state index < -0.39 is 11.9 Å². The van der Waals surface area contributed by atoms with E-state index in [0.29, 0.717) is 12.3 Å². The Kier molecular flexibility index (Phi) is 10.0. The zero-order valence-corrected chi connectivity index (χ0v) is 11.6. The minimum atomic E-state index is -0.913. The molecule has 0 aromatic rings. The maximum atomic E-state index is 11.1. The first-order chi connectivity index (χ1) is 8.61. The van der Waals surface area contributed by atoms with Gasteiger partial charge in [0.2, 0.25) is 0 Å². The summed E-state index contributed by atoms with van der Waals surface area (Å²) in [4.78, 5) is 22.1. The first-order valence-corrected chi connectivity index (χ1v) is 6.62. The molecule has 0 bridgehead atoms. The SMILES string of the molecule is CCCCC=CC(C)CCOC(=O)C(=O)OCC. The van der Waals surface area contributed by atoms with E-state index in [1.807, 2.05) is 0 Å². The Balaban J connectivity index is 3.67. The molecule has 0 amide bonds. The molecule has 0 aromatic heterocycles. The zero-order valence-electron chi connectivity index (χ0n) is 11.6. The van der Waals surface area contributed by atoms with Crippen LogP contribution in [0.1, 0.15) is 46.5 Å². The average Bonchev–Trinajstić information content (AvgIpc) is 2.35. The molecule has 4 nitrogen and oxygen atoms in total. The van der Waals surface area contributed by atoms with Crippen molar-refractivity contribution in [3.63, 3.8) is 0 Å². The molecular formula is C14H24O4. The summed E-state index contributed by atoms with van der Waals surface area (Å²) >= 11 is 0. The molecule has 0 saturated heterocycles. The minimum absolute atomic E-state index is 0.185. The normalized spacial score (nSPS) is 12.4. The summed E-state index contributed by atoms with van der Waals surface area (Å²) < 4.78 is 9.33. The van der Waals surface area contributed by atoms with Gasteiger partial charge in [0.25, 0.3) is 0 Å². The van der Waals surface area contributed by atoms with Crippen LogP contribution in [0.15, 0.2) is 12.2 Å². The van der Waals surface area contributed by atoms with Gasteiger partial charge in [-0.1, -0.05) is 38.8 Å². The lowest BCUT2D eigenvalue weighted by molar-refractivity contribution is -0.167. The fourth-order valence-corrected chi connectivity index (χ4v) is 1.33. The second kappa shape index (κ2) is 10.8. The average molecular weight is 256 g/mol. The summed E-state index contributed by atoms with van der Waals surface area (Å²) in [6, 6.07) is 0. The van der Waals surface area contributed by atoms with Crippen molar-refractivity contribution < 1.29 is 19.1 Å². The number of allylic oxidation sites excluding steroid dienone is 2. The third-order valence-corrected chi connectivity index (χ3v) is 2.44. The number of unbranched alkanes of at least 4 members (excludes halogenated alkanes) is 2. The largest absolute Gasteiger partial charge is 0.458 e. The van der Waals surface area contributed by atoms with Crippen molar-refractivity contribution in [1.82, 2.24) is 0 Å². The molecule has 1 atom stereocenters. The fourth-order valence-electron chi connectivity index (χ4n) is 1.33. The third-order valence-electron chi connectivity index (χ3n) is 2.44. The van der Waals surface area contributed by atoms with Gasteiger partial charge in [0.15, 0.2) is 0 Å². The number of hydrogen-bond donors (Lipinski definition) is 0. The van der Waals surface area contributed by atoms with Crippen LogP contribution in [0.2, 0.25) is 0 Å². The van der Waals surface area contributed by atoms with Gasteiger partial charge in [-0.2, -0.15) is 0 Å². The van der Waals surface area contributed by atoms with Crippen molar-refractivity contribution in [2.75, 3.05) is 13.2 Å². The maximum absolute atomic E-state index is 11.1. The summed E-state index contributed by atoms with van der Waals surface area (Å²) in [7, 11) is 0. The summed E-state index contributed by atoms with van der Waals surface area (Å²) in [5.41, 5.74) is 0. The van der Waals surface area contributed by atoms with Crippen LogP contribution in [-0.4, -0.2) is 25.2 Å². The molecular weight excluding hydrogens is 232 g/mol. The van der Waals surface area contributed by atoms with Crippen molar-refractivity contribution in [3.05, 3.63) is 12.2 Å². The Morgan fingerprint density at radius 3 is 2.44 bits per heavy atom. The van der Waals surface area contributed by atoms with Crippen molar-refractivity contribution in [2.24, 2.45) is 5.92 Å². The summed E-state index contributed by atoms with van der Waals surface area (Å²) in [5.74, 6) is -1.47. The van der Waals surface area contributed by atoms with Crippen molar-refractivity contribution in [2.45, 2.75) is 46.5 Å². The molecule has 0 radical (unpaired) electrons. The number of carbonyl (C=O) groups excluding carboxylic acids is 2. The van der Waals surface area contributed by atoms with Crippen LogP contribution in [0.25, 0.3) is 0 Å². The minimum Gasteiger partial charge on any atom is -0.458 e. The van der Waals surface area contributed by atoms with Crippen LogP contribution in [-0.2, 0) is 19.1 Å². The lowest BCUT2D eigenvalue weighted by atomic mass is 10.1. The molecule has 4 heteroatoms. The second-order valence-corrected chi connectivity index (χ2v) is 4.19. The Hall–Kier alpha value is -1.32. The highest BCUT2D eigenvalue weighted by Gasteiger charge is 2.16. The Morgan fingerprint density at radius 1 is 1.17 bits per heavy atom. The van der Waals surface area contributed by atoms with E-state index in [4.69, 9.17) is 4.74 Å². The van der Waals surface area contributed by atoms with Gasteiger partial charge in [-0.05, 0) is 25.7 Å². The van der Waals surface area contributed by atoms with Gasteiger partial charge in [0, 0.05) is 0 Å². The Morgan fingerprint density at radius 2 is 1.83 bits per heavy atom. The molecule has 0 aromatic carbocycles. The van der Waals surface area contributed by atoms with Crippen molar-refractivity contribution in [1.29, 1.82) is 0 Å². The van der Waals surface area contributed by atoms with Gasteiger partial charge in [0.05, 0.1) is 13.2 Å². The lowest BCUT2D eigenvalue weighted by Crippen LogP contribution is -2.21. The number of carbonyl (C=O) groups is 2. The van der Waals surface area contributed by atoms with E-state index >= 15 is 0 Å². The molecule has 0 rings (SSSR count). The zero-order chi connectivity index (χ0) is 13.8. The summed E-state index contributed by atoms with van der Waals surface area (Å²) in [6.45, 7) is 6.29. The van der Waals surface area contributed by atoms with E-state index in [-0.39, 0.29) is 13.2 Å². The van der Waals surface area contributed by atoms with Crippen molar-refractivity contribution >= 4 is 11.9 Å². The number of hydrogen-bond acceptors (Lipinski definition) is 4. The third kappa shape index (κ3) is 8.79. The molecule has 1 unspecified atom stereocenters. The highest BCUT2D eigenvalue weighted by atomic mass is 16.6. The van der Waals surface area contributed by atoms with Crippen LogP contribution in [0, 0.1) is 5.92 Å². The van der Waals surface area contributed by atoms with E-state index in [2.05, 4.69) is 30.7 Å². The predicted octanol–water partition coefficient (Wildman–Crippen LogP) is 2.87. The summed E-state index contributed by atoms with van der Waals surface area (Å²) in [6.07, 6.45) is 8.46. The van der Waals surface area contributed by atoms with Gasteiger partial charge in [-0.25, -0.2) is 9.59 Å². The highest BCUT2D eigenvalue weighted by Crippen LogP contribution is 2.06. The maximum Gasteiger partial charge on any atom is 0.417 e. The van der Waals surface area contributed by atoms with E-state index in [1.165, 1.54) is 12.8 Å².